The van der Waals surface area contributed by atoms with Crippen molar-refractivity contribution in [3.8, 4) is 5.75 Å². The Bertz CT molecular complexity index is 1530. The number of alkyl halides is 3. The molecule has 8 nitrogen and oxygen atoms in total. The lowest BCUT2D eigenvalue weighted by Gasteiger charge is -2.17. The molecule has 224 valence electrons. The molecule has 0 amide bonds. The van der Waals surface area contributed by atoms with Gasteiger partial charge in [-0.05, 0) is 62.2 Å². The molecule has 4 aromatic rings. The Morgan fingerprint density at radius 1 is 1.02 bits per heavy atom. The van der Waals surface area contributed by atoms with Crippen LogP contribution in [0.4, 0.5) is 27.8 Å². The fourth-order valence-corrected chi connectivity index (χ4v) is 4.35. The highest BCUT2D eigenvalue weighted by Crippen LogP contribution is 2.31. The van der Waals surface area contributed by atoms with Crippen LogP contribution in [0, 0.1) is 11.6 Å². The van der Waals surface area contributed by atoms with E-state index in [4.69, 9.17) is 14.5 Å². The zero-order valence-corrected chi connectivity index (χ0v) is 22.9. The Morgan fingerprint density at radius 3 is 2.50 bits per heavy atom. The van der Waals surface area contributed by atoms with Gasteiger partial charge in [0.15, 0.2) is 11.6 Å². The molecule has 0 aliphatic heterocycles. The van der Waals surface area contributed by atoms with Crippen LogP contribution in [-0.2, 0) is 16.0 Å². The number of hydrogen-bond acceptors (Lipinski definition) is 8. The Kier molecular flexibility index (Phi) is 10.1. The monoisotopic (exact) mass is 592 g/mol. The van der Waals surface area contributed by atoms with E-state index in [2.05, 4.69) is 20.4 Å². The quantitative estimate of drug-likeness (QED) is 0.0829. The molecule has 0 bridgehead atoms. The van der Waals surface area contributed by atoms with Crippen molar-refractivity contribution in [2.45, 2.75) is 38.7 Å². The van der Waals surface area contributed by atoms with Gasteiger partial charge in [0.2, 0.25) is 5.75 Å². The second-order valence-electron chi connectivity index (χ2n) is 9.55. The van der Waals surface area contributed by atoms with E-state index in [9.17, 15) is 26.7 Å². The minimum atomic E-state index is -5.19. The van der Waals surface area contributed by atoms with E-state index < -0.39 is 29.7 Å². The van der Waals surface area contributed by atoms with Crippen LogP contribution in [-0.4, -0.2) is 55.2 Å². The molecular formula is C29H29F5N4O4. The number of nitrogens with one attached hydrogen (secondary N) is 2. The second-order valence-corrected chi connectivity index (χ2v) is 9.55. The molecule has 0 saturated carbocycles. The van der Waals surface area contributed by atoms with Gasteiger partial charge in [0.25, 0.3) is 0 Å². The zero-order chi connectivity index (χ0) is 30.3. The molecule has 0 unspecified atom stereocenters. The summed E-state index contributed by atoms with van der Waals surface area (Å²) in [5.74, 6) is -4.13. The average Bonchev–Trinajstić information content (AvgIpc) is 2.95. The van der Waals surface area contributed by atoms with Crippen molar-refractivity contribution in [2.24, 2.45) is 0 Å². The molecule has 2 heterocycles. The van der Waals surface area contributed by atoms with Crippen molar-refractivity contribution in [1.82, 2.24) is 15.3 Å². The van der Waals surface area contributed by atoms with Crippen LogP contribution in [0.5, 0.6) is 5.75 Å². The summed E-state index contributed by atoms with van der Waals surface area (Å²) >= 11 is 0. The number of aromatic nitrogens is 2. The van der Waals surface area contributed by atoms with Gasteiger partial charge in [0, 0.05) is 47.7 Å². The maximum absolute atomic E-state index is 13.8. The van der Waals surface area contributed by atoms with Crippen LogP contribution in [0.15, 0.2) is 48.8 Å². The molecule has 1 atom stereocenters. The van der Waals surface area contributed by atoms with Crippen molar-refractivity contribution in [3.63, 3.8) is 0 Å². The summed E-state index contributed by atoms with van der Waals surface area (Å²) < 4.78 is 78.5. The van der Waals surface area contributed by atoms with Gasteiger partial charge in [-0.25, -0.2) is 18.6 Å². The summed E-state index contributed by atoms with van der Waals surface area (Å²) in [6.45, 7) is 3.40. The molecule has 0 radical (unpaired) electrons. The van der Waals surface area contributed by atoms with Gasteiger partial charge < -0.3 is 24.8 Å². The number of fused-ring (bicyclic) bond motifs is 3. The number of methoxy groups -OCH3 is 1. The van der Waals surface area contributed by atoms with Crippen LogP contribution >= 0.6 is 0 Å². The number of unbranched alkanes of at least 4 members (excludes halogenated alkanes) is 1. The largest absolute Gasteiger partial charge is 0.573 e. The lowest BCUT2D eigenvalue weighted by Crippen LogP contribution is -2.23. The van der Waals surface area contributed by atoms with Crippen LogP contribution < -0.4 is 15.4 Å². The topological polar surface area (TPSA) is 94.6 Å². The lowest BCUT2D eigenvalue weighted by molar-refractivity contribution is -0.276. The Morgan fingerprint density at radius 2 is 1.79 bits per heavy atom. The average molecular weight is 593 g/mol. The predicted molar refractivity (Wildman–Crippen MR) is 146 cm³/mol. The molecule has 2 N–H and O–H groups in total. The zero-order valence-electron chi connectivity index (χ0n) is 22.9. The Balaban J connectivity index is 1.23. The van der Waals surface area contributed by atoms with Crippen molar-refractivity contribution >= 4 is 33.5 Å². The maximum Gasteiger partial charge on any atom is 0.573 e. The number of carbonyl (C=O) groups is 1. The molecular weight excluding hydrogens is 563 g/mol. The predicted octanol–water partition coefficient (Wildman–Crippen LogP) is 6.13. The number of halogens is 5. The molecule has 4 rings (SSSR count). The normalized spacial score (nSPS) is 12.5. The van der Waals surface area contributed by atoms with Crippen molar-refractivity contribution in [1.29, 1.82) is 0 Å². The number of esters is 1. The SMILES string of the molecule is COC(=O)c1ccc2c(c1)nc(N[C@H](C)COCCCCNCc1cc(F)c(OC(F)(F)F)c(F)c1)c1ccncc12. The van der Waals surface area contributed by atoms with E-state index in [0.29, 0.717) is 49.5 Å². The lowest BCUT2D eigenvalue weighted by atomic mass is 10.1. The highest BCUT2D eigenvalue weighted by Gasteiger charge is 2.34. The number of benzene rings is 2. The number of nitrogens with zero attached hydrogens (tertiary/aromatic N) is 2. The first-order chi connectivity index (χ1) is 20.1. The van der Waals surface area contributed by atoms with Crippen LogP contribution in [0.25, 0.3) is 21.7 Å². The van der Waals surface area contributed by atoms with E-state index in [1.165, 1.54) is 7.11 Å². The van der Waals surface area contributed by atoms with Gasteiger partial charge in [-0.1, -0.05) is 6.07 Å². The number of pyridine rings is 2. The molecule has 13 heteroatoms. The molecule has 0 fully saturated rings. The van der Waals surface area contributed by atoms with E-state index in [1.54, 1.807) is 24.5 Å². The van der Waals surface area contributed by atoms with E-state index in [0.717, 1.165) is 28.3 Å². The molecule has 2 aromatic carbocycles. The van der Waals surface area contributed by atoms with E-state index in [-0.39, 0.29) is 18.2 Å². The summed E-state index contributed by atoms with van der Waals surface area (Å²) in [4.78, 5) is 21.0. The molecule has 0 spiro atoms. The third-order valence-electron chi connectivity index (χ3n) is 6.27. The summed E-state index contributed by atoms with van der Waals surface area (Å²) in [5, 5.41) is 8.99. The van der Waals surface area contributed by atoms with Crippen LogP contribution in [0.2, 0.25) is 0 Å². The third-order valence-corrected chi connectivity index (χ3v) is 6.27. The van der Waals surface area contributed by atoms with Crippen molar-refractivity contribution in [2.75, 3.05) is 32.2 Å². The number of carbonyl (C=O) groups excluding carboxylic acids is 1. The van der Waals surface area contributed by atoms with Gasteiger partial charge in [-0.2, -0.15) is 0 Å². The van der Waals surface area contributed by atoms with E-state index in [1.807, 2.05) is 19.1 Å². The second kappa shape index (κ2) is 13.7. The van der Waals surface area contributed by atoms with Crippen molar-refractivity contribution < 1.29 is 41.0 Å². The fraction of sp³-hybridized carbons (Fsp3) is 0.345. The first kappa shape index (κ1) is 30.8. The number of rotatable bonds is 13. The summed E-state index contributed by atoms with van der Waals surface area (Å²) in [7, 11) is 1.32. The Hall–Kier alpha value is -4.10. The van der Waals surface area contributed by atoms with Crippen LogP contribution in [0.1, 0.15) is 35.7 Å². The smallest absolute Gasteiger partial charge is 0.465 e. The summed E-state index contributed by atoms with van der Waals surface area (Å²) in [6, 6.07) is 8.57. The first-order valence-electron chi connectivity index (χ1n) is 13.1. The van der Waals surface area contributed by atoms with Gasteiger partial charge in [0.05, 0.1) is 24.8 Å². The highest BCUT2D eigenvalue weighted by atomic mass is 19.4. The summed E-state index contributed by atoms with van der Waals surface area (Å²) in [6.07, 6.45) is -0.339. The standard InChI is InChI=1S/C29H29F5N4O4/c1-17(16-41-10-4-3-8-35-14-18-11-23(30)26(24(31)12-18)42-29(32,33)34)37-27-21-7-9-36-15-22(21)20-6-5-19(28(39)40-2)13-25(20)38-27/h5-7,9,11-13,15,17,35H,3-4,8,10,14,16H2,1-2H3,(H,37,38)/t17-/m1/s1. The summed E-state index contributed by atoms with van der Waals surface area (Å²) in [5.41, 5.74) is 1.17. The first-order valence-corrected chi connectivity index (χ1v) is 13.1. The number of hydrogen-bond donors (Lipinski definition) is 2. The van der Waals surface area contributed by atoms with Gasteiger partial charge in [-0.15, -0.1) is 13.2 Å². The minimum Gasteiger partial charge on any atom is -0.465 e. The maximum atomic E-state index is 13.8. The molecule has 0 saturated heterocycles. The highest BCUT2D eigenvalue weighted by molar-refractivity contribution is 6.10. The van der Waals surface area contributed by atoms with Crippen LogP contribution in [0.3, 0.4) is 0 Å². The van der Waals surface area contributed by atoms with Gasteiger partial charge in [-0.3, -0.25) is 4.98 Å². The molecule has 0 aliphatic carbocycles. The molecule has 42 heavy (non-hydrogen) atoms. The van der Waals surface area contributed by atoms with Gasteiger partial charge in [0.1, 0.15) is 5.82 Å². The molecule has 2 aromatic heterocycles. The Labute approximate surface area is 238 Å². The van der Waals surface area contributed by atoms with E-state index >= 15 is 0 Å². The number of anilines is 1. The van der Waals surface area contributed by atoms with Crippen molar-refractivity contribution in [3.05, 3.63) is 71.6 Å². The fourth-order valence-electron chi connectivity index (χ4n) is 4.35. The molecule has 0 aliphatic rings. The van der Waals surface area contributed by atoms with Gasteiger partial charge >= 0.3 is 12.3 Å². The third kappa shape index (κ3) is 8.01. The number of ether oxygens (including phenoxy) is 3. The minimum absolute atomic E-state index is 0.0747.